The molecule has 0 saturated carbocycles. The maximum absolute atomic E-state index is 8.85. The summed E-state index contributed by atoms with van der Waals surface area (Å²) in [6, 6.07) is 2.53. The molecule has 7 heteroatoms. The van der Waals surface area contributed by atoms with Gasteiger partial charge < -0.3 is 15.8 Å². The Morgan fingerprint density at radius 2 is 2.05 bits per heavy atom. The fourth-order valence-corrected chi connectivity index (χ4v) is 2.39. The highest BCUT2D eigenvalue weighted by Crippen LogP contribution is 2.22. The number of hydrogen-bond acceptors (Lipinski definition) is 6. The van der Waals surface area contributed by atoms with Gasteiger partial charge in [0.2, 0.25) is 0 Å². The van der Waals surface area contributed by atoms with Crippen LogP contribution in [-0.4, -0.2) is 58.4 Å². The molecule has 2 unspecified atom stereocenters. The second kappa shape index (κ2) is 5.40. The summed E-state index contributed by atoms with van der Waals surface area (Å²) in [5.74, 6) is 0.730. The Morgan fingerprint density at radius 1 is 1.42 bits per heavy atom. The van der Waals surface area contributed by atoms with E-state index in [4.69, 9.17) is 10.9 Å². The van der Waals surface area contributed by atoms with Gasteiger partial charge in [0.15, 0.2) is 11.7 Å². The lowest BCUT2D eigenvalue weighted by Crippen LogP contribution is -2.55. The average molecular weight is 264 g/mol. The molecule has 0 spiro atoms. The first-order valence-electron chi connectivity index (χ1n) is 6.31. The minimum absolute atomic E-state index is 0.0594. The number of nitrogens with two attached hydrogens (primary N) is 1. The summed E-state index contributed by atoms with van der Waals surface area (Å²) < 4.78 is 0. The van der Waals surface area contributed by atoms with Gasteiger partial charge >= 0.3 is 0 Å². The van der Waals surface area contributed by atoms with E-state index in [9.17, 15) is 0 Å². The number of hydrogen-bond donors (Lipinski definition) is 2. The molecule has 0 amide bonds. The number of oxime groups is 1. The molecule has 3 N–H and O–H groups in total. The Kier molecular flexibility index (Phi) is 3.84. The van der Waals surface area contributed by atoms with Crippen LogP contribution in [0, 0.1) is 0 Å². The minimum atomic E-state index is 0.0594. The molecule has 104 valence electrons. The van der Waals surface area contributed by atoms with E-state index in [-0.39, 0.29) is 5.84 Å². The van der Waals surface area contributed by atoms with Crippen molar-refractivity contribution in [3.05, 3.63) is 17.8 Å². The first kappa shape index (κ1) is 13.5. The zero-order valence-corrected chi connectivity index (χ0v) is 11.5. The van der Waals surface area contributed by atoms with Gasteiger partial charge in [-0.05, 0) is 27.0 Å². The summed E-state index contributed by atoms with van der Waals surface area (Å²) in [6.07, 6.45) is 1.54. The standard InChI is InChI=1S/C12H20N6O/c1-8-6-18(7-9(2)17(8)3)12-10(11(13)16-19)4-5-14-15-12/h4-5,8-9,19H,6-7H2,1-3H3,(H2,13,16). The second-order valence-corrected chi connectivity index (χ2v) is 5.02. The molecule has 1 fully saturated rings. The summed E-state index contributed by atoms with van der Waals surface area (Å²) in [6.45, 7) is 6.01. The quantitative estimate of drug-likeness (QED) is 0.341. The van der Waals surface area contributed by atoms with Gasteiger partial charge in [0.25, 0.3) is 0 Å². The zero-order chi connectivity index (χ0) is 14.0. The SMILES string of the molecule is CC1CN(c2nnccc2/C(N)=N/O)CC(C)N1C. The van der Waals surface area contributed by atoms with Crippen molar-refractivity contribution in [1.82, 2.24) is 15.1 Å². The summed E-state index contributed by atoms with van der Waals surface area (Å²) in [5, 5.41) is 20.0. The van der Waals surface area contributed by atoms with Gasteiger partial charge in [-0.3, -0.25) is 4.90 Å². The van der Waals surface area contributed by atoms with E-state index in [2.05, 4.69) is 46.0 Å². The second-order valence-electron chi connectivity index (χ2n) is 5.02. The topological polar surface area (TPSA) is 90.9 Å². The third kappa shape index (κ3) is 2.60. The molecule has 2 rings (SSSR count). The van der Waals surface area contributed by atoms with Crippen LogP contribution in [0.1, 0.15) is 19.4 Å². The van der Waals surface area contributed by atoms with Gasteiger partial charge in [-0.25, -0.2) is 0 Å². The van der Waals surface area contributed by atoms with Crippen molar-refractivity contribution in [2.75, 3.05) is 25.0 Å². The van der Waals surface area contributed by atoms with E-state index < -0.39 is 0 Å². The van der Waals surface area contributed by atoms with E-state index in [0.717, 1.165) is 13.1 Å². The van der Waals surface area contributed by atoms with Crippen molar-refractivity contribution < 1.29 is 5.21 Å². The summed E-state index contributed by atoms with van der Waals surface area (Å²) in [5.41, 5.74) is 6.31. The molecule has 0 radical (unpaired) electrons. The highest BCUT2D eigenvalue weighted by molar-refractivity contribution is 6.01. The van der Waals surface area contributed by atoms with Crippen LogP contribution in [0.5, 0.6) is 0 Å². The fourth-order valence-electron chi connectivity index (χ4n) is 2.39. The van der Waals surface area contributed by atoms with E-state index in [0.29, 0.717) is 23.5 Å². The van der Waals surface area contributed by atoms with Crippen LogP contribution in [0.2, 0.25) is 0 Å². The normalized spacial score (nSPS) is 25.6. The van der Waals surface area contributed by atoms with Crippen molar-refractivity contribution in [2.24, 2.45) is 10.9 Å². The Morgan fingerprint density at radius 3 is 2.63 bits per heavy atom. The molecule has 1 aromatic rings. The van der Waals surface area contributed by atoms with Crippen LogP contribution < -0.4 is 10.6 Å². The predicted octanol–water partition coefficient (Wildman–Crippen LogP) is 0.0999. The summed E-state index contributed by atoms with van der Waals surface area (Å²) in [7, 11) is 2.12. The largest absolute Gasteiger partial charge is 0.409 e. The molecule has 7 nitrogen and oxygen atoms in total. The van der Waals surface area contributed by atoms with E-state index in [1.807, 2.05) is 0 Å². The van der Waals surface area contributed by atoms with Crippen molar-refractivity contribution in [1.29, 1.82) is 0 Å². The third-order valence-corrected chi connectivity index (χ3v) is 3.74. The van der Waals surface area contributed by atoms with Crippen LogP contribution in [0.3, 0.4) is 0 Å². The molecule has 1 aliphatic heterocycles. The number of likely N-dealkylation sites (N-methyl/N-ethyl adjacent to an activating group) is 1. The molecule has 0 aromatic carbocycles. The zero-order valence-electron chi connectivity index (χ0n) is 11.5. The molecular weight excluding hydrogens is 244 g/mol. The van der Waals surface area contributed by atoms with Crippen molar-refractivity contribution in [3.63, 3.8) is 0 Å². The number of amidine groups is 1. The molecular formula is C12H20N6O. The molecule has 0 aliphatic carbocycles. The van der Waals surface area contributed by atoms with Crippen LogP contribution >= 0.6 is 0 Å². The van der Waals surface area contributed by atoms with Crippen molar-refractivity contribution in [2.45, 2.75) is 25.9 Å². The van der Waals surface area contributed by atoms with Gasteiger partial charge in [0, 0.05) is 25.2 Å². The predicted molar refractivity (Wildman–Crippen MR) is 73.4 cm³/mol. The maximum atomic E-state index is 8.85. The third-order valence-electron chi connectivity index (χ3n) is 3.74. The lowest BCUT2D eigenvalue weighted by atomic mass is 10.1. The van der Waals surface area contributed by atoms with Crippen molar-refractivity contribution >= 4 is 11.7 Å². The molecule has 0 bridgehead atoms. The maximum Gasteiger partial charge on any atom is 0.173 e. The molecule has 1 aliphatic rings. The minimum Gasteiger partial charge on any atom is -0.409 e. The summed E-state index contributed by atoms with van der Waals surface area (Å²) >= 11 is 0. The van der Waals surface area contributed by atoms with Crippen LogP contribution in [0.4, 0.5) is 5.82 Å². The molecule has 19 heavy (non-hydrogen) atoms. The number of rotatable bonds is 2. The van der Waals surface area contributed by atoms with Crippen molar-refractivity contribution in [3.8, 4) is 0 Å². The molecule has 2 heterocycles. The van der Waals surface area contributed by atoms with E-state index >= 15 is 0 Å². The first-order valence-corrected chi connectivity index (χ1v) is 6.31. The monoisotopic (exact) mass is 264 g/mol. The van der Waals surface area contributed by atoms with Crippen LogP contribution in [-0.2, 0) is 0 Å². The highest BCUT2D eigenvalue weighted by Gasteiger charge is 2.29. The van der Waals surface area contributed by atoms with Gasteiger partial charge in [0.05, 0.1) is 11.8 Å². The van der Waals surface area contributed by atoms with Gasteiger partial charge in [-0.2, -0.15) is 5.10 Å². The number of anilines is 1. The Labute approximate surface area is 112 Å². The Hall–Kier alpha value is -1.89. The van der Waals surface area contributed by atoms with Gasteiger partial charge in [-0.15, -0.1) is 5.10 Å². The Balaban J connectivity index is 2.32. The molecule has 2 atom stereocenters. The summed E-state index contributed by atoms with van der Waals surface area (Å²) in [4.78, 5) is 4.46. The number of piperazine rings is 1. The van der Waals surface area contributed by atoms with Gasteiger partial charge in [0.1, 0.15) is 0 Å². The lowest BCUT2D eigenvalue weighted by molar-refractivity contribution is 0.169. The molecule has 1 aromatic heterocycles. The first-order chi connectivity index (χ1) is 9.04. The molecule has 1 saturated heterocycles. The lowest BCUT2D eigenvalue weighted by Gasteiger charge is -2.43. The van der Waals surface area contributed by atoms with E-state index in [1.165, 1.54) is 0 Å². The highest BCUT2D eigenvalue weighted by atomic mass is 16.4. The Bertz CT molecular complexity index is 465. The van der Waals surface area contributed by atoms with Crippen LogP contribution in [0.25, 0.3) is 0 Å². The van der Waals surface area contributed by atoms with E-state index in [1.54, 1.807) is 12.3 Å². The van der Waals surface area contributed by atoms with Crippen LogP contribution in [0.15, 0.2) is 17.4 Å². The number of aromatic nitrogens is 2. The average Bonchev–Trinajstić information content (AvgIpc) is 2.43. The number of nitrogens with zero attached hydrogens (tertiary/aromatic N) is 5. The fraction of sp³-hybridized carbons (Fsp3) is 0.583. The van der Waals surface area contributed by atoms with Gasteiger partial charge in [-0.1, -0.05) is 5.16 Å². The smallest absolute Gasteiger partial charge is 0.173 e.